The standard InChI is InChI=1S/C14H17N3O2/c1-10-4-3-7-16(11(10)2)13-5-6-14(17(18)19)12(8-13)9-15/h5-6,8,10-11H,3-4,7H2,1-2H3. The quantitative estimate of drug-likeness (QED) is 0.604. The molecule has 5 nitrogen and oxygen atoms in total. The lowest BCUT2D eigenvalue weighted by molar-refractivity contribution is -0.385. The summed E-state index contributed by atoms with van der Waals surface area (Å²) >= 11 is 0. The predicted octanol–water partition coefficient (Wildman–Crippen LogP) is 3.09. The molecule has 0 aromatic heterocycles. The fourth-order valence-corrected chi connectivity index (χ4v) is 2.65. The number of nitriles is 1. The summed E-state index contributed by atoms with van der Waals surface area (Å²) in [5.74, 6) is 0.592. The molecule has 2 atom stereocenters. The summed E-state index contributed by atoms with van der Waals surface area (Å²) in [5, 5.41) is 19.9. The van der Waals surface area contributed by atoms with E-state index in [9.17, 15) is 10.1 Å². The SMILES string of the molecule is CC1CCCN(c2ccc([N+](=O)[O-])c(C#N)c2)C1C. The number of benzene rings is 1. The Balaban J connectivity index is 2.36. The molecule has 5 heteroatoms. The molecule has 0 radical (unpaired) electrons. The average Bonchev–Trinajstić information content (AvgIpc) is 2.41. The number of nitro benzene ring substituents is 1. The van der Waals surface area contributed by atoms with Crippen molar-refractivity contribution in [3.63, 3.8) is 0 Å². The van der Waals surface area contributed by atoms with Crippen molar-refractivity contribution >= 4 is 11.4 Å². The smallest absolute Gasteiger partial charge is 0.287 e. The highest BCUT2D eigenvalue weighted by Crippen LogP contribution is 2.31. The minimum absolute atomic E-state index is 0.121. The van der Waals surface area contributed by atoms with Crippen LogP contribution < -0.4 is 4.90 Å². The van der Waals surface area contributed by atoms with Gasteiger partial charge in [0.1, 0.15) is 11.6 Å². The van der Waals surface area contributed by atoms with E-state index in [0.29, 0.717) is 12.0 Å². The van der Waals surface area contributed by atoms with Crippen LogP contribution in [0.1, 0.15) is 32.3 Å². The van der Waals surface area contributed by atoms with Gasteiger partial charge in [0.2, 0.25) is 0 Å². The van der Waals surface area contributed by atoms with Gasteiger partial charge in [-0.1, -0.05) is 6.92 Å². The molecule has 1 aromatic rings. The first-order valence-electron chi connectivity index (χ1n) is 6.49. The van der Waals surface area contributed by atoms with E-state index < -0.39 is 4.92 Å². The van der Waals surface area contributed by atoms with E-state index in [1.807, 2.05) is 6.07 Å². The molecule has 100 valence electrons. The molecule has 1 aliphatic rings. The number of piperidine rings is 1. The molecule has 0 amide bonds. The maximum absolute atomic E-state index is 10.8. The summed E-state index contributed by atoms with van der Waals surface area (Å²) in [6.07, 6.45) is 2.32. The molecule has 0 bridgehead atoms. The van der Waals surface area contributed by atoms with E-state index in [-0.39, 0.29) is 11.3 Å². The van der Waals surface area contributed by atoms with Gasteiger partial charge in [-0.3, -0.25) is 10.1 Å². The monoisotopic (exact) mass is 259 g/mol. The maximum atomic E-state index is 10.8. The topological polar surface area (TPSA) is 70.2 Å². The highest BCUT2D eigenvalue weighted by atomic mass is 16.6. The summed E-state index contributed by atoms with van der Waals surface area (Å²) in [5.41, 5.74) is 0.915. The normalized spacial score (nSPS) is 22.9. The molecule has 2 rings (SSSR count). The van der Waals surface area contributed by atoms with Gasteiger partial charge in [0, 0.05) is 24.3 Å². The van der Waals surface area contributed by atoms with Crippen LogP contribution in [0.4, 0.5) is 11.4 Å². The molecule has 1 aliphatic heterocycles. The van der Waals surface area contributed by atoms with Crippen LogP contribution in [0.2, 0.25) is 0 Å². The summed E-state index contributed by atoms with van der Waals surface area (Å²) in [4.78, 5) is 12.6. The van der Waals surface area contributed by atoms with E-state index >= 15 is 0 Å². The Kier molecular flexibility index (Phi) is 3.70. The van der Waals surface area contributed by atoms with Gasteiger partial charge in [-0.15, -0.1) is 0 Å². The Labute approximate surface area is 112 Å². The number of hydrogen-bond donors (Lipinski definition) is 0. The van der Waals surface area contributed by atoms with E-state index in [1.54, 1.807) is 12.1 Å². The van der Waals surface area contributed by atoms with Gasteiger partial charge in [0.15, 0.2) is 0 Å². The molecule has 1 aromatic carbocycles. The maximum Gasteiger partial charge on any atom is 0.287 e. The fourth-order valence-electron chi connectivity index (χ4n) is 2.65. The number of hydrogen-bond acceptors (Lipinski definition) is 4. The van der Waals surface area contributed by atoms with Crippen LogP contribution in [0.25, 0.3) is 0 Å². The van der Waals surface area contributed by atoms with Crippen molar-refractivity contribution in [2.75, 3.05) is 11.4 Å². The number of nitro groups is 1. The van der Waals surface area contributed by atoms with Gasteiger partial charge in [-0.2, -0.15) is 5.26 Å². The van der Waals surface area contributed by atoms with E-state index in [1.165, 1.54) is 12.5 Å². The molecule has 1 heterocycles. The van der Waals surface area contributed by atoms with Gasteiger partial charge in [-0.05, 0) is 37.8 Å². The Hall–Kier alpha value is -2.09. The number of nitrogens with zero attached hydrogens (tertiary/aromatic N) is 3. The minimum atomic E-state index is -0.509. The Morgan fingerprint density at radius 3 is 2.84 bits per heavy atom. The summed E-state index contributed by atoms with van der Waals surface area (Å²) < 4.78 is 0. The second kappa shape index (κ2) is 5.27. The first-order valence-corrected chi connectivity index (χ1v) is 6.49. The Bertz CT molecular complexity index is 536. The van der Waals surface area contributed by atoms with Crippen molar-refractivity contribution in [2.45, 2.75) is 32.7 Å². The summed E-state index contributed by atoms with van der Waals surface area (Å²) in [6.45, 7) is 5.32. The lowest BCUT2D eigenvalue weighted by Crippen LogP contribution is -2.42. The third kappa shape index (κ3) is 2.53. The van der Waals surface area contributed by atoms with Gasteiger partial charge >= 0.3 is 0 Å². The molecule has 1 fully saturated rings. The van der Waals surface area contributed by atoms with Crippen molar-refractivity contribution < 1.29 is 4.92 Å². The molecular formula is C14H17N3O2. The van der Waals surface area contributed by atoms with Crippen LogP contribution in [0.15, 0.2) is 18.2 Å². The Morgan fingerprint density at radius 2 is 2.21 bits per heavy atom. The molecule has 0 saturated carbocycles. The van der Waals surface area contributed by atoms with Crippen LogP contribution in [0, 0.1) is 27.4 Å². The minimum Gasteiger partial charge on any atom is -0.369 e. The van der Waals surface area contributed by atoms with Crippen LogP contribution in [0.3, 0.4) is 0 Å². The molecule has 0 aliphatic carbocycles. The van der Waals surface area contributed by atoms with Gasteiger partial charge < -0.3 is 4.90 Å². The van der Waals surface area contributed by atoms with Crippen molar-refractivity contribution in [3.8, 4) is 6.07 Å². The van der Waals surface area contributed by atoms with Crippen LogP contribution in [-0.2, 0) is 0 Å². The average molecular weight is 259 g/mol. The van der Waals surface area contributed by atoms with Crippen LogP contribution >= 0.6 is 0 Å². The summed E-state index contributed by atoms with van der Waals surface area (Å²) in [6, 6.07) is 7.11. The lowest BCUT2D eigenvalue weighted by atomic mass is 9.91. The van der Waals surface area contributed by atoms with Crippen molar-refractivity contribution in [2.24, 2.45) is 5.92 Å². The second-order valence-corrected chi connectivity index (χ2v) is 5.12. The zero-order valence-corrected chi connectivity index (χ0v) is 11.2. The third-order valence-electron chi connectivity index (χ3n) is 4.00. The van der Waals surface area contributed by atoms with Gasteiger partial charge in [0.25, 0.3) is 5.69 Å². The summed E-state index contributed by atoms with van der Waals surface area (Å²) in [7, 11) is 0. The lowest BCUT2D eigenvalue weighted by Gasteiger charge is -2.39. The zero-order chi connectivity index (χ0) is 14.0. The Morgan fingerprint density at radius 1 is 1.47 bits per heavy atom. The van der Waals surface area contributed by atoms with E-state index in [0.717, 1.165) is 18.7 Å². The first kappa shape index (κ1) is 13.3. The van der Waals surface area contributed by atoms with Crippen molar-refractivity contribution in [1.29, 1.82) is 5.26 Å². The fraction of sp³-hybridized carbons (Fsp3) is 0.500. The number of rotatable bonds is 2. The van der Waals surface area contributed by atoms with Crippen LogP contribution in [-0.4, -0.2) is 17.5 Å². The first-order chi connectivity index (χ1) is 9.04. The molecule has 2 unspecified atom stereocenters. The largest absolute Gasteiger partial charge is 0.369 e. The zero-order valence-electron chi connectivity index (χ0n) is 11.2. The highest BCUT2D eigenvalue weighted by molar-refractivity contribution is 5.60. The van der Waals surface area contributed by atoms with E-state index in [2.05, 4.69) is 18.7 Å². The van der Waals surface area contributed by atoms with Gasteiger partial charge in [-0.25, -0.2) is 0 Å². The van der Waals surface area contributed by atoms with Crippen molar-refractivity contribution in [1.82, 2.24) is 0 Å². The predicted molar refractivity (Wildman–Crippen MR) is 73.0 cm³/mol. The second-order valence-electron chi connectivity index (χ2n) is 5.12. The third-order valence-corrected chi connectivity index (χ3v) is 4.00. The molecular weight excluding hydrogens is 242 g/mol. The molecule has 0 spiro atoms. The van der Waals surface area contributed by atoms with Crippen molar-refractivity contribution in [3.05, 3.63) is 33.9 Å². The number of anilines is 1. The van der Waals surface area contributed by atoms with Crippen LogP contribution in [0.5, 0.6) is 0 Å². The molecule has 19 heavy (non-hydrogen) atoms. The highest BCUT2D eigenvalue weighted by Gasteiger charge is 2.26. The molecule has 1 saturated heterocycles. The van der Waals surface area contributed by atoms with E-state index in [4.69, 9.17) is 5.26 Å². The molecule has 0 N–H and O–H groups in total. The van der Waals surface area contributed by atoms with Gasteiger partial charge in [0.05, 0.1) is 4.92 Å².